The molecule has 1 saturated heterocycles. The SMILES string of the molecule is CC(Sc1nnc(-c2ccccc2)n1C)C(=O)Nc1ccc(S(=O)(=O)N2CCOCC2)cc1. The summed E-state index contributed by atoms with van der Waals surface area (Å²) in [7, 11) is -1.71. The van der Waals surface area contributed by atoms with Crippen LogP contribution < -0.4 is 5.32 Å². The molecular weight excluding hydrogens is 462 g/mol. The Kier molecular flexibility index (Phi) is 7.13. The van der Waals surface area contributed by atoms with Crippen LogP contribution in [-0.4, -0.2) is 64.9 Å². The van der Waals surface area contributed by atoms with E-state index in [1.165, 1.54) is 28.2 Å². The topological polar surface area (TPSA) is 106 Å². The van der Waals surface area contributed by atoms with Gasteiger partial charge < -0.3 is 14.6 Å². The van der Waals surface area contributed by atoms with E-state index in [0.29, 0.717) is 37.1 Å². The van der Waals surface area contributed by atoms with Gasteiger partial charge in [0, 0.05) is 31.4 Å². The predicted molar refractivity (Wildman–Crippen MR) is 126 cm³/mol. The number of morpholine rings is 1. The molecule has 1 amide bonds. The molecule has 0 radical (unpaired) electrons. The molecule has 0 bridgehead atoms. The molecule has 2 aromatic carbocycles. The molecule has 1 N–H and O–H groups in total. The van der Waals surface area contributed by atoms with Crippen molar-refractivity contribution in [3.8, 4) is 11.4 Å². The van der Waals surface area contributed by atoms with E-state index >= 15 is 0 Å². The zero-order valence-electron chi connectivity index (χ0n) is 18.3. The number of thioether (sulfide) groups is 1. The summed E-state index contributed by atoms with van der Waals surface area (Å²) < 4.78 is 34.0. The van der Waals surface area contributed by atoms with Crippen LogP contribution in [-0.2, 0) is 26.6 Å². The highest BCUT2D eigenvalue weighted by atomic mass is 32.2. The maximum absolute atomic E-state index is 12.7. The third kappa shape index (κ3) is 5.27. The van der Waals surface area contributed by atoms with Gasteiger partial charge in [-0.3, -0.25) is 4.79 Å². The number of aromatic nitrogens is 3. The van der Waals surface area contributed by atoms with E-state index in [1.807, 2.05) is 41.9 Å². The largest absolute Gasteiger partial charge is 0.379 e. The third-order valence-corrected chi connectivity index (χ3v) is 8.29. The lowest BCUT2D eigenvalue weighted by Crippen LogP contribution is -2.40. The van der Waals surface area contributed by atoms with Crippen LogP contribution in [0.4, 0.5) is 5.69 Å². The minimum atomic E-state index is -3.57. The lowest BCUT2D eigenvalue weighted by Gasteiger charge is -2.26. The molecule has 1 atom stereocenters. The van der Waals surface area contributed by atoms with Crippen LogP contribution in [0.3, 0.4) is 0 Å². The van der Waals surface area contributed by atoms with Gasteiger partial charge in [0.25, 0.3) is 0 Å². The fourth-order valence-corrected chi connectivity index (χ4v) is 5.58. The number of hydrogen-bond donors (Lipinski definition) is 1. The number of benzene rings is 2. The Labute approximate surface area is 197 Å². The summed E-state index contributed by atoms with van der Waals surface area (Å²) in [6, 6.07) is 15.9. The smallest absolute Gasteiger partial charge is 0.243 e. The van der Waals surface area contributed by atoms with E-state index in [4.69, 9.17) is 4.74 Å². The molecule has 1 unspecified atom stereocenters. The zero-order valence-corrected chi connectivity index (χ0v) is 20.0. The van der Waals surface area contributed by atoms with Gasteiger partial charge in [-0.25, -0.2) is 8.42 Å². The maximum Gasteiger partial charge on any atom is 0.243 e. The second kappa shape index (κ2) is 10.0. The summed E-state index contributed by atoms with van der Waals surface area (Å²) in [5, 5.41) is 11.5. The molecule has 1 aromatic heterocycles. The number of carbonyl (C=O) groups is 1. The quantitative estimate of drug-likeness (QED) is 0.511. The Morgan fingerprint density at radius 1 is 1.06 bits per heavy atom. The van der Waals surface area contributed by atoms with Crippen molar-refractivity contribution >= 4 is 33.4 Å². The summed E-state index contributed by atoms with van der Waals surface area (Å²) in [5.41, 5.74) is 1.47. The molecule has 1 aliphatic rings. The molecule has 0 saturated carbocycles. The summed E-state index contributed by atoms with van der Waals surface area (Å²) in [4.78, 5) is 12.9. The Balaban J connectivity index is 1.39. The highest BCUT2D eigenvalue weighted by molar-refractivity contribution is 8.00. The average Bonchev–Trinajstić information content (AvgIpc) is 3.20. The zero-order chi connectivity index (χ0) is 23.4. The highest BCUT2D eigenvalue weighted by Gasteiger charge is 2.26. The first-order valence-corrected chi connectivity index (χ1v) is 12.8. The van der Waals surface area contributed by atoms with Crippen molar-refractivity contribution in [2.75, 3.05) is 31.6 Å². The Hall–Kier alpha value is -2.73. The molecule has 9 nitrogen and oxygen atoms in total. The Morgan fingerprint density at radius 2 is 1.73 bits per heavy atom. The van der Waals surface area contributed by atoms with Crippen LogP contribution in [0.1, 0.15) is 6.92 Å². The van der Waals surface area contributed by atoms with Crippen molar-refractivity contribution in [3.05, 3.63) is 54.6 Å². The molecule has 0 aliphatic carbocycles. The lowest BCUT2D eigenvalue weighted by molar-refractivity contribution is -0.115. The monoisotopic (exact) mass is 487 g/mol. The fraction of sp³-hybridized carbons (Fsp3) is 0.318. The molecule has 11 heteroatoms. The van der Waals surface area contributed by atoms with Crippen molar-refractivity contribution in [3.63, 3.8) is 0 Å². The number of amides is 1. The molecule has 3 aromatic rings. The Morgan fingerprint density at radius 3 is 2.39 bits per heavy atom. The van der Waals surface area contributed by atoms with Gasteiger partial charge in [-0.2, -0.15) is 4.31 Å². The average molecular weight is 488 g/mol. The van der Waals surface area contributed by atoms with Gasteiger partial charge in [-0.15, -0.1) is 10.2 Å². The van der Waals surface area contributed by atoms with Gasteiger partial charge in [0.2, 0.25) is 15.9 Å². The van der Waals surface area contributed by atoms with Gasteiger partial charge >= 0.3 is 0 Å². The number of nitrogens with one attached hydrogen (secondary N) is 1. The van der Waals surface area contributed by atoms with Crippen molar-refractivity contribution in [1.82, 2.24) is 19.1 Å². The van der Waals surface area contributed by atoms with Crippen LogP contribution in [0.5, 0.6) is 0 Å². The van der Waals surface area contributed by atoms with Gasteiger partial charge in [0.1, 0.15) is 0 Å². The van der Waals surface area contributed by atoms with Crippen molar-refractivity contribution in [1.29, 1.82) is 0 Å². The second-order valence-corrected chi connectivity index (χ2v) is 10.8. The summed E-state index contributed by atoms with van der Waals surface area (Å²) >= 11 is 1.30. The van der Waals surface area contributed by atoms with Crippen molar-refractivity contribution in [2.24, 2.45) is 7.05 Å². The number of ether oxygens (including phenoxy) is 1. The summed E-state index contributed by atoms with van der Waals surface area (Å²) in [6.07, 6.45) is 0. The first-order chi connectivity index (χ1) is 15.9. The summed E-state index contributed by atoms with van der Waals surface area (Å²) in [5.74, 6) is 0.510. The van der Waals surface area contributed by atoms with E-state index < -0.39 is 15.3 Å². The number of hydrogen-bond acceptors (Lipinski definition) is 7. The normalized spacial score (nSPS) is 15.8. The fourth-order valence-electron chi connectivity index (χ4n) is 3.36. The number of nitrogens with zero attached hydrogens (tertiary/aromatic N) is 4. The minimum absolute atomic E-state index is 0.192. The Bertz CT molecular complexity index is 1210. The minimum Gasteiger partial charge on any atom is -0.379 e. The second-order valence-electron chi connectivity index (χ2n) is 7.52. The van der Waals surface area contributed by atoms with E-state index in [-0.39, 0.29) is 10.8 Å². The van der Waals surface area contributed by atoms with Crippen LogP contribution in [0.2, 0.25) is 0 Å². The molecule has 0 spiro atoms. The number of carbonyl (C=O) groups excluding carboxylic acids is 1. The van der Waals surface area contributed by atoms with Crippen LogP contribution >= 0.6 is 11.8 Å². The molecule has 174 valence electrons. The van der Waals surface area contributed by atoms with Crippen molar-refractivity contribution in [2.45, 2.75) is 22.2 Å². The predicted octanol–water partition coefficient (Wildman–Crippen LogP) is 2.62. The molecule has 4 rings (SSSR count). The third-order valence-electron chi connectivity index (χ3n) is 5.25. The van der Waals surface area contributed by atoms with E-state index in [2.05, 4.69) is 15.5 Å². The van der Waals surface area contributed by atoms with Gasteiger partial charge in [0.05, 0.1) is 23.4 Å². The van der Waals surface area contributed by atoms with Crippen LogP contribution in [0.25, 0.3) is 11.4 Å². The number of anilines is 1. The van der Waals surface area contributed by atoms with E-state index in [9.17, 15) is 13.2 Å². The number of rotatable bonds is 7. The van der Waals surface area contributed by atoms with E-state index in [0.717, 1.165) is 11.4 Å². The standard InChI is InChI=1S/C22H25N5O4S2/c1-16(32-22-25-24-20(26(22)2)17-6-4-3-5-7-17)21(28)23-18-8-10-19(11-9-18)33(29,30)27-12-14-31-15-13-27/h3-11,16H,12-15H2,1-2H3,(H,23,28). The molecule has 1 aliphatic heterocycles. The molecule has 33 heavy (non-hydrogen) atoms. The first kappa shape index (κ1) is 23.4. The molecular formula is C22H25N5O4S2. The maximum atomic E-state index is 12.7. The first-order valence-electron chi connectivity index (χ1n) is 10.5. The molecule has 2 heterocycles. The van der Waals surface area contributed by atoms with E-state index in [1.54, 1.807) is 19.1 Å². The molecule has 1 fully saturated rings. The van der Waals surface area contributed by atoms with Gasteiger partial charge in [-0.1, -0.05) is 42.1 Å². The summed E-state index contributed by atoms with van der Waals surface area (Å²) in [6.45, 7) is 3.24. The lowest BCUT2D eigenvalue weighted by atomic mass is 10.2. The number of sulfonamides is 1. The van der Waals surface area contributed by atoms with Crippen LogP contribution in [0, 0.1) is 0 Å². The van der Waals surface area contributed by atoms with Gasteiger partial charge in [0.15, 0.2) is 11.0 Å². The van der Waals surface area contributed by atoms with Crippen LogP contribution in [0.15, 0.2) is 64.6 Å². The highest BCUT2D eigenvalue weighted by Crippen LogP contribution is 2.26. The van der Waals surface area contributed by atoms with Crippen molar-refractivity contribution < 1.29 is 17.9 Å². The van der Waals surface area contributed by atoms with Gasteiger partial charge in [-0.05, 0) is 31.2 Å².